The largest absolute Gasteiger partial charge is 0.359 e. The zero-order chi connectivity index (χ0) is 19.8. The van der Waals surface area contributed by atoms with Gasteiger partial charge in [0.25, 0.3) is 0 Å². The van der Waals surface area contributed by atoms with E-state index >= 15 is 0 Å². The molecule has 0 saturated heterocycles. The summed E-state index contributed by atoms with van der Waals surface area (Å²) in [6.45, 7) is 3.76. The molecule has 0 aromatic carbocycles. The average Bonchev–Trinajstić information content (AvgIpc) is 2.64. The Balaban J connectivity index is 0. The van der Waals surface area contributed by atoms with Gasteiger partial charge in [-0.1, -0.05) is 20.3 Å². The first-order chi connectivity index (χ1) is 11.8. The van der Waals surface area contributed by atoms with E-state index in [-0.39, 0.29) is 55.2 Å². The van der Waals surface area contributed by atoms with Gasteiger partial charge in [-0.3, -0.25) is 14.4 Å². The molecule has 7 nitrogen and oxygen atoms in total. The zero-order valence-electron chi connectivity index (χ0n) is 15.8. The standard InChI is InChI=1S/C9H16BNO2.C7H13BN2O2/c1-3-4-7(8(12)6-10)5-9(13)11-2;1-3-7(12)10(5-8)4-6(11)9-2/h7H,3-6H2,1-2H3,(H,11,13);3-5H2,1-2H3,(H,9,11). The summed E-state index contributed by atoms with van der Waals surface area (Å²) in [5.74, 6) is -0.635. The quantitative estimate of drug-likeness (QED) is 0.534. The number of hydrogen-bond donors (Lipinski definition) is 2. The van der Waals surface area contributed by atoms with Crippen LogP contribution in [-0.4, -0.2) is 71.2 Å². The van der Waals surface area contributed by atoms with Crippen molar-refractivity contribution in [2.24, 2.45) is 5.92 Å². The van der Waals surface area contributed by atoms with Crippen molar-refractivity contribution in [1.82, 2.24) is 15.5 Å². The van der Waals surface area contributed by atoms with E-state index in [1.807, 2.05) is 6.92 Å². The summed E-state index contributed by atoms with van der Waals surface area (Å²) in [6.07, 6.45) is 2.38. The van der Waals surface area contributed by atoms with Crippen molar-refractivity contribution in [2.45, 2.75) is 45.9 Å². The molecule has 9 heteroatoms. The van der Waals surface area contributed by atoms with Gasteiger partial charge < -0.3 is 20.3 Å². The molecule has 0 rings (SSSR count). The normalized spacial score (nSPS) is 10.7. The Morgan fingerprint density at radius 1 is 1.00 bits per heavy atom. The third-order valence-electron chi connectivity index (χ3n) is 3.49. The van der Waals surface area contributed by atoms with Crippen LogP contribution >= 0.6 is 0 Å². The highest BCUT2D eigenvalue weighted by atomic mass is 16.2. The maximum absolute atomic E-state index is 11.2. The molecule has 4 radical (unpaired) electrons. The zero-order valence-corrected chi connectivity index (χ0v) is 15.8. The maximum atomic E-state index is 11.2. The van der Waals surface area contributed by atoms with E-state index in [0.717, 1.165) is 12.8 Å². The Hall–Kier alpha value is -1.79. The fourth-order valence-electron chi connectivity index (χ4n) is 1.95. The first kappa shape index (κ1) is 25.5. The molecule has 0 saturated carbocycles. The molecule has 0 heterocycles. The first-order valence-corrected chi connectivity index (χ1v) is 8.42. The van der Waals surface area contributed by atoms with Gasteiger partial charge in [0, 0.05) is 32.9 Å². The number of Topliss-reactive ketones (excluding diaryl/α,β-unsaturated/α-hetero) is 1. The summed E-state index contributed by atoms with van der Waals surface area (Å²) >= 11 is 0. The highest BCUT2D eigenvalue weighted by Crippen LogP contribution is 2.13. The van der Waals surface area contributed by atoms with E-state index in [4.69, 9.17) is 15.7 Å². The third-order valence-corrected chi connectivity index (χ3v) is 3.49. The smallest absolute Gasteiger partial charge is 0.239 e. The average molecular weight is 349 g/mol. The third kappa shape index (κ3) is 12.3. The van der Waals surface area contributed by atoms with Crippen LogP contribution < -0.4 is 10.6 Å². The van der Waals surface area contributed by atoms with Crippen LogP contribution in [0.1, 0.15) is 39.5 Å². The van der Waals surface area contributed by atoms with E-state index in [1.165, 1.54) is 11.9 Å². The van der Waals surface area contributed by atoms with Crippen molar-refractivity contribution in [2.75, 3.05) is 27.1 Å². The van der Waals surface area contributed by atoms with Gasteiger partial charge in [-0.05, 0) is 19.2 Å². The summed E-state index contributed by atoms with van der Waals surface area (Å²) in [6, 6.07) is 0. The highest BCUT2D eigenvalue weighted by molar-refractivity contribution is 6.20. The molecule has 3 amide bonds. The molecule has 0 fully saturated rings. The SMILES string of the molecule is [B]CC(=O)C(CCC)CC(=O)NC.[B]CN(CC(=O)NC)C(=O)CC. The summed E-state index contributed by atoms with van der Waals surface area (Å²) in [5, 5.41) is 4.92. The number of nitrogens with one attached hydrogen (secondary N) is 2. The summed E-state index contributed by atoms with van der Waals surface area (Å²) in [7, 11) is 13.6. The number of rotatable bonds is 10. The van der Waals surface area contributed by atoms with Crippen LogP contribution in [0.15, 0.2) is 0 Å². The molecule has 0 aromatic heterocycles. The molecular weight excluding hydrogens is 320 g/mol. The predicted molar refractivity (Wildman–Crippen MR) is 99.3 cm³/mol. The first-order valence-electron chi connectivity index (χ1n) is 8.42. The number of likely N-dealkylation sites (N-methyl/N-ethyl adjacent to an activating group) is 1. The Labute approximate surface area is 153 Å². The van der Waals surface area contributed by atoms with E-state index < -0.39 is 0 Å². The number of nitrogens with zero attached hydrogens (tertiary/aromatic N) is 1. The van der Waals surface area contributed by atoms with Crippen molar-refractivity contribution < 1.29 is 19.2 Å². The molecular formula is C16H29B2N3O4. The maximum Gasteiger partial charge on any atom is 0.239 e. The minimum Gasteiger partial charge on any atom is -0.359 e. The van der Waals surface area contributed by atoms with Crippen molar-refractivity contribution in [1.29, 1.82) is 0 Å². The molecule has 1 unspecified atom stereocenters. The van der Waals surface area contributed by atoms with Gasteiger partial charge in [-0.15, -0.1) is 0 Å². The molecule has 1 atom stereocenters. The Kier molecular flexibility index (Phi) is 16.0. The Morgan fingerprint density at radius 2 is 1.56 bits per heavy atom. The van der Waals surface area contributed by atoms with Crippen LogP contribution in [0.2, 0.25) is 6.32 Å². The van der Waals surface area contributed by atoms with Crippen LogP contribution in [0.3, 0.4) is 0 Å². The van der Waals surface area contributed by atoms with E-state index in [2.05, 4.69) is 10.6 Å². The van der Waals surface area contributed by atoms with Crippen LogP contribution in [0, 0.1) is 5.92 Å². The minimum atomic E-state index is -0.206. The van der Waals surface area contributed by atoms with Crippen LogP contribution in [0.5, 0.6) is 0 Å². The topological polar surface area (TPSA) is 95.6 Å². The second kappa shape index (κ2) is 15.7. The summed E-state index contributed by atoms with van der Waals surface area (Å²) in [4.78, 5) is 45.5. The van der Waals surface area contributed by atoms with Crippen molar-refractivity contribution >= 4 is 39.2 Å². The number of ketones is 1. The molecule has 138 valence electrons. The molecule has 0 aromatic rings. The number of carbonyl (C=O) groups is 4. The van der Waals surface area contributed by atoms with Gasteiger partial charge in [0.1, 0.15) is 5.78 Å². The lowest BCUT2D eigenvalue weighted by Crippen LogP contribution is -2.39. The molecule has 0 aliphatic heterocycles. The summed E-state index contributed by atoms with van der Waals surface area (Å²) in [5.41, 5.74) is 0. The van der Waals surface area contributed by atoms with Gasteiger partial charge >= 0.3 is 0 Å². The van der Waals surface area contributed by atoms with Crippen molar-refractivity contribution in [3.05, 3.63) is 0 Å². The monoisotopic (exact) mass is 349 g/mol. The van der Waals surface area contributed by atoms with Gasteiger partial charge in [0.05, 0.1) is 22.2 Å². The minimum absolute atomic E-state index is 0.0227. The van der Waals surface area contributed by atoms with Gasteiger partial charge in [0.2, 0.25) is 17.7 Å². The molecule has 25 heavy (non-hydrogen) atoms. The van der Waals surface area contributed by atoms with Crippen LogP contribution in [-0.2, 0) is 19.2 Å². The molecule has 0 spiro atoms. The van der Waals surface area contributed by atoms with Gasteiger partial charge in [0.15, 0.2) is 0 Å². The van der Waals surface area contributed by atoms with Crippen molar-refractivity contribution in [3.63, 3.8) is 0 Å². The molecule has 0 aliphatic carbocycles. The van der Waals surface area contributed by atoms with Gasteiger partial charge in [-0.2, -0.15) is 0 Å². The van der Waals surface area contributed by atoms with Crippen LogP contribution in [0.25, 0.3) is 0 Å². The molecule has 2 N–H and O–H groups in total. The van der Waals surface area contributed by atoms with E-state index in [0.29, 0.717) is 6.42 Å². The summed E-state index contributed by atoms with van der Waals surface area (Å²) < 4.78 is 0. The van der Waals surface area contributed by atoms with E-state index in [1.54, 1.807) is 14.0 Å². The predicted octanol–water partition coefficient (Wildman–Crippen LogP) is -0.208. The number of hydrogen-bond acceptors (Lipinski definition) is 4. The highest BCUT2D eigenvalue weighted by Gasteiger charge is 2.18. The lowest BCUT2D eigenvalue weighted by atomic mass is 9.87. The number of amides is 3. The second-order valence-corrected chi connectivity index (χ2v) is 5.33. The van der Waals surface area contributed by atoms with E-state index in [9.17, 15) is 19.2 Å². The molecule has 0 aliphatic rings. The Morgan fingerprint density at radius 3 is 1.92 bits per heavy atom. The fraction of sp³-hybridized carbons (Fsp3) is 0.750. The Bertz CT molecular complexity index is 434. The second-order valence-electron chi connectivity index (χ2n) is 5.33. The van der Waals surface area contributed by atoms with Crippen molar-refractivity contribution in [3.8, 4) is 0 Å². The lowest BCUT2D eigenvalue weighted by molar-refractivity contribution is -0.134. The number of carbonyl (C=O) groups excluding carboxylic acids is 4. The van der Waals surface area contributed by atoms with Crippen LogP contribution in [0.4, 0.5) is 0 Å². The lowest BCUT2D eigenvalue weighted by Gasteiger charge is -2.19. The molecule has 0 bridgehead atoms. The fourth-order valence-corrected chi connectivity index (χ4v) is 1.95. The van der Waals surface area contributed by atoms with Gasteiger partial charge in [-0.25, -0.2) is 0 Å².